The molecular weight excluding hydrogens is 323 g/mol. The second-order valence-electron chi connectivity index (χ2n) is 4.09. The number of nitrogens with one attached hydrogen (secondary N) is 2. The molecule has 0 aliphatic carbocycles. The van der Waals surface area contributed by atoms with Gasteiger partial charge in [-0.25, -0.2) is 13.6 Å². The van der Waals surface area contributed by atoms with Crippen molar-refractivity contribution in [3.63, 3.8) is 0 Å². The molecular formula is C12H12F3N3O3S. The van der Waals surface area contributed by atoms with Gasteiger partial charge in [-0.1, -0.05) is 5.92 Å². The van der Waals surface area contributed by atoms with Gasteiger partial charge in [0.25, 0.3) is 0 Å². The van der Waals surface area contributed by atoms with Gasteiger partial charge in [-0.2, -0.15) is 13.2 Å². The minimum atomic E-state index is -4.91. The number of carbonyl (C=O) groups excluding carboxylic acids is 1. The van der Waals surface area contributed by atoms with E-state index in [1.165, 1.54) is 0 Å². The van der Waals surface area contributed by atoms with Crippen molar-refractivity contribution in [2.75, 3.05) is 18.4 Å². The Morgan fingerprint density at radius 3 is 2.50 bits per heavy atom. The summed E-state index contributed by atoms with van der Waals surface area (Å²) in [6.07, 6.45) is 0.0188. The number of anilines is 1. The number of alkyl halides is 3. The van der Waals surface area contributed by atoms with E-state index in [1.54, 1.807) is 0 Å². The van der Waals surface area contributed by atoms with Gasteiger partial charge in [0.05, 0.1) is 23.5 Å². The normalized spacial score (nSPS) is 11.6. The summed E-state index contributed by atoms with van der Waals surface area (Å²) in [5.41, 5.74) is -1.50. The average molecular weight is 335 g/mol. The maximum atomic E-state index is 12.9. The van der Waals surface area contributed by atoms with Crippen LogP contribution in [0, 0.1) is 12.3 Å². The molecule has 1 amide bonds. The number of halogens is 3. The van der Waals surface area contributed by atoms with Crippen LogP contribution < -0.4 is 15.8 Å². The number of terminal acetylenes is 1. The fourth-order valence-electron chi connectivity index (χ4n) is 1.50. The van der Waals surface area contributed by atoms with Crippen LogP contribution in [0.25, 0.3) is 0 Å². The minimum absolute atomic E-state index is 0.0152. The Morgan fingerprint density at radius 1 is 1.36 bits per heavy atom. The first-order chi connectivity index (χ1) is 10.1. The van der Waals surface area contributed by atoms with Gasteiger partial charge in [-0.3, -0.25) is 4.79 Å². The van der Waals surface area contributed by atoms with E-state index >= 15 is 0 Å². The number of hydrogen-bond donors (Lipinski definition) is 3. The Hall–Kier alpha value is -2.25. The second-order valence-corrected chi connectivity index (χ2v) is 5.62. The quantitative estimate of drug-likeness (QED) is 0.683. The van der Waals surface area contributed by atoms with Crippen molar-refractivity contribution in [2.45, 2.75) is 11.1 Å². The van der Waals surface area contributed by atoms with Crippen molar-refractivity contribution in [3.8, 4) is 12.3 Å². The second kappa shape index (κ2) is 6.67. The fourth-order valence-corrected chi connectivity index (χ4v) is 2.24. The number of sulfonamides is 1. The highest BCUT2D eigenvalue weighted by Crippen LogP contribution is 2.35. The van der Waals surface area contributed by atoms with E-state index in [4.69, 9.17) is 11.6 Å². The van der Waals surface area contributed by atoms with Crippen LogP contribution in [0.3, 0.4) is 0 Å². The van der Waals surface area contributed by atoms with E-state index in [0.717, 1.165) is 12.1 Å². The van der Waals surface area contributed by atoms with E-state index in [0.29, 0.717) is 6.07 Å². The lowest BCUT2D eigenvalue weighted by Gasteiger charge is -2.14. The Kier molecular flexibility index (Phi) is 5.40. The van der Waals surface area contributed by atoms with E-state index in [9.17, 15) is 26.4 Å². The van der Waals surface area contributed by atoms with Gasteiger partial charge in [-0.15, -0.1) is 6.42 Å². The van der Waals surface area contributed by atoms with Crippen molar-refractivity contribution in [1.29, 1.82) is 0 Å². The third-order valence-electron chi connectivity index (χ3n) is 2.43. The topological polar surface area (TPSA) is 101 Å². The predicted octanol–water partition coefficient (Wildman–Crippen LogP) is 0.514. The standard InChI is InChI=1S/C12H12F3N3O3S/c1-2-5-17-11(19)7-18-8-3-4-10(22(16,20)21)9(6-8)12(13,14)15/h1,3-4,6,18H,5,7H2,(H,17,19)(H2,16,20,21). The lowest BCUT2D eigenvalue weighted by Crippen LogP contribution is -2.30. The molecule has 0 radical (unpaired) electrons. The molecule has 0 unspecified atom stereocenters. The Balaban J connectivity index is 3.02. The minimum Gasteiger partial charge on any atom is -0.376 e. The van der Waals surface area contributed by atoms with Crippen molar-refractivity contribution >= 4 is 21.6 Å². The number of rotatable bonds is 5. The SMILES string of the molecule is C#CCNC(=O)CNc1ccc(S(N)(=O)=O)c(C(F)(F)F)c1. The van der Waals surface area contributed by atoms with Crippen molar-refractivity contribution in [1.82, 2.24) is 5.32 Å². The van der Waals surface area contributed by atoms with Crippen LogP contribution in [0.5, 0.6) is 0 Å². The highest BCUT2D eigenvalue weighted by molar-refractivity contribution is 7.89. The fraction of sp³-hybridized carbons (Fsp3) is 0.250. The summed E-state index contributed by atoms with van der Waals surface area (Å²) >= 11 is 0. The molecule has 0 atom stereocenters. The summed E-state index contributed by atoms with van der Waals surface area (Å²) in [4.78, 5) is 10.2. The van der Waals surface area contributed by atoms with Gasteiger partial charge in [0.15, 0.2) is 0 Å². The summed E-state index contributed by atoms with van der Waals surface area (Å²) in [6, 6.07) is 2.36. The number of primary sulfonamides is 1. The van der Waals surface area contributed by atoms with Crippen molar-refractivity contribution in [3.05, 3.63) is 23.8 Å². The summed E-state index contributed by atoms with van der Waals surface area (Å²) in [5.74, 6) is 1.63. The van der Waals surface area contributed by atoms with E-state index in [-0.39, 0.29) is 18.8 Å². The lowest BCUT2D eigenvalue weighted by atomic mass is 10.2. The molecule has 0 saturated carbocycles. The smallest absolute Gasteiger partial charge is 0.376 e. The highest BCUT2D eigenvalue weighted by Gasteiger charge is 2.36. The monoisotopic (exact) mass is 335 g/mol. The van der Waals surface area contributed by atoms with Crippen molar-refractivity contribution < 1.29 is 26.4 Å². The van der Waals surface area contributed by atoms with E-state index < -0.39 is 32.6 Å². The predicted molar refractivity (Wildman–Crippen MR) is 73.1 cm³/mol. The molecule has 0 aliphatic heterocycles. The lowest BCUT2D eigenvalue weighted by molar-refractivity contribution is -0.139. The highest BCUT2D eigenvalue weighted by atomic mass is 32.2. The zero-order valence-electron chi connectivity index (χ0n) is 11.1. The van der Waals surface area contributed by atoms with Gasteiger partial charge in [0, 0.05) is 5.69 Å². The third kappa shape index (κ3) is 4.94. The van der Waals surface area contributed by atoms with Crippen LogP contribution in [-0.4, -0.2) is 27.4 Å². The molecule has 1 rings (SSSR count). The summed E-state index contributed by atoms with van der Waals surface area (Å²) < 4.78 is 61.0. The van der Waals surface area contributed by atoms with Gasteiger partial charge >= 0.3 is 6.18 Å². The van der Waals surface area contributed by atoms with Gasteiger partial charge in [0.2, 0.25) is 15.9 Å². The number of nitrogens with two attached hydrogens (primary N) is 1. The van der Waals surface area contributed by atoms with Crippen LogP contribution >= 0.6 is 0 Å². The molecule has 0 saturated heterocycles. The maximum absolute atomic E-state index is 12.9. The molecule has 4 N–H and O–H groups in total. The average Bonchev–Trinajstić information content (AvgIpc) is 2.40. The van der Waals surface area contributed by atoms with Crippen LogP contribution in [0.1, 0.15) is 5.56 Å². The number of amides is 1. The van der Waals surface area contributed by atoms with Gasteiger partial charge < -0.3 is 10.6 Å². The van der Waals surface area contributed by atoms with Gasteiger partial charge in [-0.05, 0) is 18.2 Å². The van der Waals surface area contributed by atoms with Crippen LogP contribution in [0.2, 0.25) is 0 Å². The molecule has 0 aliphatic rings. The molecule has 0 aromatic heterocycles. The Morgan fingerprint density at radius 2 is 2.00 bits per heavy atom. The molecule has 0 bridgehead atoms. The van der Waals surface area contributed by atoms with Crippen LogP contribution in [-0.2, 0) is 21.0 Å². The first kappa shape index (κ1) is 17.8. The molecule has 0 heterocycles. The zero-order chi connectivity index (χ0) is 17.0. The van der Waals surface area contributed by atoms with Crippen molar-refractivity contribution in [2.24, 2.45) is 5.14 Å². The first-order valence-electron chi connectivity index (χ1n) is 5.74. The molecule has 120 valence electrons. The molecule has 0 spiro atoms. The van der Waals surface area contributed by atoms with E-state index in [1.807, 2.05) is 0 Å². The number of hydrogen-bond acceptors (Lipinski definition) is 4. The Bertz CT molecular complexity index is 709. The Labute approximate surface area is 124 Å². The molecule has 1 aromatic rings. The van der Waals surface area contributed by atoms with Gasteiger partial charge in [0.1, 0.15) is 0 Å². The maximum Gasteiger partial charge on any atom is 0.417 e. The largest absolute Gasteiger partial charge is 0.417 e. The van der Waals surface area contributed by atoms with Crippen LogP contribution in [0.4, 0.5) is 18.9 Å². The molecule has 0 fully saturated rings. The number of carbonyl (C=O) groups is 1. The molecule has 1 aromatic carbocycles. The zero-order valence-corrected chi connectivity index (χ0v) is 11.9. The molecule has 6 nitrogen and oxygen atoms in total. The third-order valence-corrected chi connectivity index (χ3v) is 3.40. The van der Waals surface area contributed by atoms with Crippen LogP contribution in [0.15, 0.2) is 23.1 Å². The number of benzene rings is 1. The first-order valence-corrected chi connectivity index (χ1v) is 7.28. The summed E-state index contributed by atoms with van der Waals surface area (Å²) in [6.45, 7) is -0.341. The summed E-state index contributed by atoms with van der Waals surface area (Å²) in [5, 5.41) is 9.49. The summed E-state index contributed by atoms with van der Waals surface area (Å²) in [7, 11) is -4.53. The molecule has 22 heavy (non-hydrogen) atoms. The molecule has 10 heteroatoms. The van der Waals surface area contributed by atoms with E-state index in [2.05, 4.69) is 16.6 Å².